The molecule has 0 amide bonds. The molecular formula is C14H10ClNOS. The molecule has 0 aliphatic carbocycles. The Hall–Kier alpha value is -1.45. The van der Waals surface area contributed by atoms with Gasteiger partial charge in [-0.15, -0.1) is 11.6 Å². The standard InChI is InChI=1S/C14H10ClNOS/c15-10(8-17)9-5-6-14-12(7-9)16-11-3-1-2-4-13(11)18-14/h1-8,10,16H. The summed E-state index contributed by atoms with van der Waals surface area (Å²) in [4.78, 5) is 13.1. The lowest BCUT2D eigenvalue weighted by molar-refractivity contribution is -0.107. The van der Waals surface area contributed by atoms with Crippen molar-refractivity contribution >= 4 is 41.0 Å². The third-order valence-electron chi connectivity index (χ3n) is 2.82. The third-order valence-corrected chi connectivity index (χ3v) is 4.32. The van der Waals surface area contributed by atoms with Crippen LogP contribution in [0.25, 0.3) is 0 Å². The maximum absolute atomic E-state index is 10.7. The molecule has 1 aliphatic heterocycles. The van der Waals surface area contributed by atoms with E-state index < -0.39 is 5.38 Å². The number of carbonyl (C=O) groups is 1. The van der Waals surface area contributed by atoms with Crippen LogP contribution in [0.4, 0.5) is 11.4 Å². The fourth-order valence-electron chi connectivity index (χ4n) is 1.91. The van der Waals surface area contributed by atoms with Crippen LogP contribution in [0, 0.1) is 0 Å². The molecule has 0 spiro atoms. The fourth-order valence-corrected chi connectivity index (χ4v) is 3.01. The van der Waals surface area contributed by atoms with Crippen molar-refractivity contribution < 1.29 is 4.79 Å². The normalized spacial score (nSPS) is 14.1. The number of alkyl halides is 1. The maximum Gasteiger partial charge on any atom is 0.142 e. The number of benzene rings is 2. The van der Waals surface area contributed by atoms with Gasteiger partial charge in [0.1, 0.15) is 11.7 Å². The molecule has 0 bridgehead atoms. The molecule has 18 heavy (non-hydrogen) atoms. The molecule has 2 aromatic carbocycles. The van der Waals surface area contributed by atoms with Crippen LogP contribution in [0.2, 0.25) is 0 Å². The van der Waals surface area contributed by atoms with Crippen molar-refractivity contribution in [3.63, 3.8) is 0 Å². The van der Waals surface area contributed by atoms with E-state index in [0.717, 1.165) is 28.1 Å². The van der Waals surface area contributed by atoms with E-state index in [1.54, 1.807) is 11.8 Å². The molecule has 3 rings (SSSR count). The smallest absolute Gasteiger partial charge is 0.142 e. The first-order valence-electron chi connectivity index (χ1n) is 5.55. The lowest BCUT2D eigenvalue weighted by Crippen LogP contribution is -2.01. The van der Waals surface area contributed by atoms with Crippen LogP contribution in [-0.2, 0) is 4.79 Å². The van der Waals surface area contributed by atoms with Crippen LogP contribution in [0.1, 0.15) is 10.9 Å². The zero-order chi connectivity index (χ0) is 12.5. The van der Waals surface area contributed by atoms with E-state index in [2.05, 4.69) is 11.4 Å². The zero-order valence-corrected chi connectivity index (χ0v) is 11.0. The number of hydrogen-bond acceptors (Lipinski definition) is 3. The van der Waals surface area contributed by atoms with Crippen molar-refractivity contribution in [1.29, 1.82) is 0 Å². The van der Waals surface area contributed by atoms with Crippen molar-refractivity contribution in [2.75, 3.05) is 5.32 Å². The van der Waals surface area contributed by atoms with E-state index in [9.17, 15) is 4.79 Å². The van der Waals surface area contributed by atoms with Gasteiger partial charge in [0, 0.05) is 9.79 Å². The summed E-state index contributed by atoms with van der Waals surface area (Å²) in [6.07, 6.45) is 0.743. The monoisotopic (exact) mass is 275 g/mol. The summed E-state index contributed by atoms with van der Waals surface area (Å²) < 4.78 is 0. The van der Waals surface area contributed by atoms with E-state index in [4.69, 9.17) is 11.6 Å². The molecule has 0 saturated heterocycles. The molecule has 0 fully saturated rings. The molecule has 0 radical (unpaired) electrons. The molecule has 2 nitrogen and oxygen atoms in total. The summed E-state index contributed by atoms with van der Waals surface area (Å²) in [7, 11) is 0. The van der Waals surface area contributed by atoms with Gasteiger partial charge in [-0.1, -0.05) is 30.0 Å². The highest BCUT2D eigenvalue weighted by atomic mass is 35.5. The summed E-state index contributed by atoms with van der Waals surface area (Å²) in [5.74, 6) is 0. The second kappa shape index (κ2) is 4.67. The quantitative estimate of drug-likeness (QED) is 0.556. The Morgan fingerprint density at radius 1 is 1.11 bits per heavy atom. The second-order valence-corrected chi connectivity index (χ2v) is 5.57. The predicted octanol–water partition coefficient (Wildman–Crippen LogP) is 4.37. The SMILES string of the molecule is O=CC(Cl)c1ccc2c(c1)Nc1ccccc1S2. The number of carbonyl (C=O) groups excluding carboxylic acids is 1. The minimum absolute atomic E-state index is 0.584. The highest BCUT2D eigenvalue weighted by molar-refractivity contribution is 7.99. The largest absolute Gasteiger partial charge is 0.354 e. The highest BCUT2D eigenvalue weighted by Crippen LogP contribution is 2.44. The molecular weight excluding hydrogens is 266 g/mol. The molecule has 90 valence electrons. The number of para-hydroxylation sites is 1. The van der Waals surface area contributed by atoms with E-state index in [0.29, 0.717) is 0 Å². The highest BCUT2D eigenvalue weighted by Gasteiger charge is 2.16. The van der Waals surface area contributed by atoms with Crippen LogP contribution in [0.5, 0.6) is 0 Å². The number of aldehydes is 1. The number of rotatable bonds is 2. The topological polar surface area (TPSA) is 29.1 Å². The lowest BCUT2D eigenvalue weighted by Gasteiger charge is -2.21. The molecule has 4 heteroatoms. The average Bonchev–Trinajstić information content (AvgIpc) is 2.43. The molecule has 1 atom stereocenters. The summed E-state index contributed by atoms with van der Waals surface area (Å²) >= 11 is 7.65. The van der Waals surface area contributed by atoms with Crippen LogP contribution >= 0.6 is 23.4 Å². The number of anilines is 2. The number of hydrogen-bond donors (Lipinski definition) is 1. The van der Waals surface area contributed by atoms with Gasteiger partial charge in [0.05, 0.1) is 11.4 Å². The second-order valence-electron chi connectivity index (χ2n) is 4.02. The van der Waals surface area contributed by atoms with Gasteiger partial charge >= 0.3 is 0 Å². The van der Waals surface area contributed by atoms with Crippen molar-refractivity contribution in [1.82, 2.24) is 0 Å². The average molecular weight is 276 g/mol. The Morgan fingerprint density at radius 2 is 1.89 bits per heavy atom. The number of nitrogens with one attached hydrogen (secondary N) is 1. The van der Waals surface area contributed by atoms with Crippen LogP contribution in [0.3, 0.4) is 0 Å². The molecule has 1 unspecified atom stereocenters. The van der Waals surface area contributed by atoms with E-state index in [-0.39, 0.29) is 0 Å². The first kappa shape index (κ1) is 11.6. The van der Waals surface area contributed by atoms with Gasteiger partial charge < -0.3 is 10.1 Å². The maximum atomic E-state index is 10.7. The van der Waals surface area contributed by atoms with Crippen LogP contribution < -0.4 is 5.32 Å². The summed E-state index contributed by atoms with van der Waals surface area (Å²) in [5.41, 5.74) is 2.91. The minimum atomic E-state index is -0.584. The van der Waals surface area contributed by atoms with Gasteiger partial charge in [-0.25, -0.2) is 0 Å². The van der Waals surface area contributed by atoms with Crippen LogP contribution in [-0.4, -0.2) is 6.29 Å². The van der Waals surface area contributed by atoms with Gasteiger partial charge in [-0.2, -0.15) is 0 Å². The van der Waals surface area contributed by atoms with Gasteiger partial charge in [0.2, 0.25) is 0 Å². The third kappa shape index (κ3) is 2.00. The first-order chi connectivity index (χ1) is 8.78. The summed E-state index contributed by atoms with van der Waals surface area (Å²) in [6, 6.07) is 14.0. The first-order valence-corrected chi connectivity index (χ1v) is 6.80. The van der Waals surface area contributed by atoms with E-state index in [1.807, 2.05) is 36.4 Å². The summed E-state index contributed by atoms with van der Waals surface area (Å²) in [6.45, 7) is 0. The van der Waals surface area contributed by atoms with Gasteiger partial charge in [-0.3, -0.25) is 0 Å². The zero-order valence-electron chi connectivity index (χ0n) is 9.39. The van der Waals surface area contributed by atoms with E-state index in [1.165, 1.54) is 4.90 Å². The van der Waals surface area contributed by atoms with Gasteiger partial charge in [-0.05, 0) is 29.8 Å². The van der Waals surface area contributed by atoms with Crippen LogP contribution in [0.15, 0.2) is 52.3 Å². The van der Waals surface area contributed by atoms with Gasteiger partial charge in [0.15, 0.2) is 0 Å². The Morgan fingerprint density at radius 3 is 2.72 bits per heavy atom. The Bertz CT molecular complexity index is 614. The predicted molar refractivity (Wildman–Crippen MR) is 74.9 cm³/mol. The Labute approximate surface area is 114 Å². The molecule has 1 aliphatic rings. The fraction of sp³-hybridized carbons (Fsp3) is 0.0714. The summed E-state index contributed by atoms with van der Waals surface area (Å²) in [5, 5.41) is 2.78. The Balaban J connectivity index is 2.01. The molecule has 1 heterocycles. The Kier molecular flexibility index (Phi) is 3.02. The molecule has 2 aromatic rings. The molecule has 0 aromatic heterocycles. The van der Waals surface area contributed by atoms with Crippen molar-refractivity contribution in [3.05, 3.63) is 48.0 Å². The minimum Gasteiger partial charge on any atom is -0.354 e. The van der Waals surface area contributed by atoms with Crippen molar-refractivity contribution in [3.8, 4) is 0 Å². The number of fused-ring (bicyclic) bond motifs is 2. The number of halogens is 1. The molecule has 0 saturated carbocycles. The van der Waals surface area contributed by atoms with Crippen molar-refractivity contribution in [2.24, 2.45) is 0 Å². The lowest BCUT2D eigenvalue weighted by atomic mass is 10.1. The van der Waals surface area contributed by atoms with Gasteiger partial charge in [0.25, 0.3) is 0 Å². The molecule has 1 N–H and O–H groups in total. The van der Waals surface area contributed by atoms with Crippen molar-refractivity contribution in [2.45, 2.75) is 15.2 Å². The van der Waals surface area contributed by atoms with E-state index >= 15 is 0 Å².